The van der Waals surface area contributed by atoms with Crippen LogP contribution in [-0.2, 0) is 0 Å². The first-order valence-corrected chi connectivity index (χ1v) is 6.68. The predicted octanol–water partition coefficient (Wildman–Crippen LogP) is 3.47. The first-order valence-electron chi connectivity index (χ1n) is 6.68. The molecule has 0 saturated heterocycles. The van der Waals surface area contributed by atoms with Crippen molar-refractivity contribution in [3.05, 3.63) is 35.4 Å². The average Bonchev–Trinajstić information content (AvgIpc) is 2.30. The molecule has 0 heterocycles. The van der Waals surface area contributed by atoms with Crippen LogP contribution in [0, 0.1) is 12.3 Å². The predicted molar refractivity (Wildman–Crippen MR) is 72.4 cm³/mol. The minimum atomic E-state index is 0.280. The van der Waals surface area contributed by atoms with Gasteiger partial charge in [-0.3, -0.25) is 11.3 Å². The highest BCUT2D eigenvalue weighted by molar-refractivity contribution is 5.26. The lowest BCUT2D eigenvalue weighted by Gasteiger charge is -2.40. The topological polar surface area (TPSA) is 38.0 Å². The van der Waals surface area contributed by atoms with E-state index in [0.717, 1.165) is 0 Å². The summed E-state index contributed by atoms with van der Waals surface area (Å²) in [4.78, 5) is 0. The van der Waals surface area contributed by atoms with Crippen molar-refractivity contribution in [2.75, 3.05) is 0 Å². The van der Waals surface area contributed by atoms with Crippen LogP contribution in [0.4, 0.5) is 0 Å². The third-order valence-electron chi connectivity index (χ3n) is 4.23. The van der Waals surface area contributed by atoms with Crippen LogP contribution in [0.5, 0.6) is 0 Å². The van der Waals surface area contributed by atoms with Crippen molar-refractivity contribution in [1.82, 2.24) is 5.43 Å². The molecule has 94 valence electrons. The van der Waals surface area contributed by atoms with Crippen LogP contribution >= 0.6 is 0 Å². The number of hydrogen-bond donors (Lipinski definition) is 2. The molecule has 0 aliphatic heterocycles. The molecule has 2 heteroatoms. The summed E-state index contributed by atoms with van der Waals surface area (Å²) in [5, 5.41) is 0. The number of hydrazine groups is 1. The maximum Gasteiger partial charge on any atom is 0.0513 e. The van der Waals surface area contributed by atoms with Crippen molar-refractivity contribution in [2.24, 2.45) is 11.3 Å². The summed E-state index contributed by atoms with van der Waals surface area (Å²) in [6.45, 7) is 4.51. The van der Waals surface area contributed by atoms with Crippen LogP contribution in [0.15, 0.2) is 24.3 Å². The number of nitrogens with one attached hydrogen (secondary N) is 1. The van der Waals surface area contributed by atoms with Gasteiger partial charge in [-0.15, -0.1) is 0 Å². The van der Waals surface area contributed by atoms with Gasteiger partial charge in [-0.2, -0.15) is 0 Å². The van der Waals surface area contributed by atoms with Gasteiger partial charge in [0.1, 0.15) is 0 Å². The smallest absolute Gasteiger partial charge is 0.0513 e. The molecular formula is C15H24N2. The summed E-state index contributed by atoms with van der Waals surface area (Å²) >= 11 is 0. The molecule has 17 heavy (non-hydrogen) atoms. The third kappa shape index (κ3) is 2.70. The Labute approximate surface area is 105 Å². The van der Waals surface area contributed by atoms with Crippen molar-refractivity contribution >= 4 is 0 Å². The summed E-state index contributed by atoms with van der Waals surface area (Å²) in [5.74, 6) is 5.82. The summed E-state index contributed by atoms with van der Waals surface area (Å²) < 4.78 is 0. The van der Waals surface area contributed by atoms with E-state index in [1.54, 1.807) is 0 Å². The SMILES string of the molecule is Cc1cccc(C(NN)C2(C)CCCCC2)c1. The van der Waals surface area contributed by atoms with Crippen LogP contribution in [0.2, 0.25) is 0 Å². The van der Waals surface area contributed by atoms with Gasteiger partial charge in [0, 0.05) is 0 Å². The Kier molecular flexibility index (Phi) is 3.85. The third-order valence-corrected chi connectivity index (χ3v) is 4.23. The standard InChI is InChI=1S/C15H24N2/c1-12-7-6-8-13(11-12)14(17-16)15(2)9-4-3-5-10-15/h6-8,11,14,17H,3-5,9-10,16H2,1-2H3. The van der Waals surface area contributed by atoms with Crippen LogP contribution < -0.4 is 11.3 Å². The summed E-state index contributed by atoms with van der Waals surface area (Å²) in [7, 11) is 0. The fraction of sp³-hybridized carbons (Fsp3) is 0.600. The van der Waals surface area contributed by atoms with Gasteiger partial charge >= 0.3 is 0 Å². The Morgan fingerprint density at radius 1 is 1.24 bits per heavy atom. The second-order valence-corrected chi connectivity index (χ2v) is 5.73. The number of benzene rings is 1. The molecule has 1 atom stereocenters. The van der Waals surface area contributed by atoms with E-state index < -0.39 is 0 Å². The molecule has 0 spiro atoms. The van der Waals surface area contributed by atoms with Crippen LogP contribution in [0.3, 0.4) is 0 Å². The van der Waals surface area contributed by atoms with Crippen molar-refractivity contribution in [2.45, 2.75) is 52.0 Å². The zero-order valence-electron chi connectivity index (χ0n) is 11.0. The second kappa shape index (κ2) is 5.19. The molecule has 1 unspecified atom stereocenters. The maximum absolute atomic E-state index is 5.82. The molecule has 1 fully saturated rings. The molecule has 1 aliphatic rings. The van der Waals surface area contributed by atoms with E-state index in [1.807, 2.05) is 0 Å². The zero-order chi connectivity index (χ0) is 12.3. The van der Waals surface area contributed by atoms with E-state index in [4.69, 9.17) is 5.84 Å². The minimum absolute atomic E-state index is 0.280. The van der Waals surface area contributed by atoms with E-state index >= 15 is 0 Å². The van der Waals surface area contributed by atoms with Crippen molar-refractivity contribution in [3.63, 3.8) is 0 Å². The molecule has 3 N–H and O–H groups in total. The summed E-state index contributed by atoms with van der Waals surface area (Å²) in [5.41, 5.74) is 6.00. The highest BCUT2D eigenvalue weighted by atomic mass is 15.2. The van der Waals surface area contributed by atoms with E-state index in [-0.39, 0.29) is 6.04 Å². The molecule has 0 radical (unpaired) electrons. The Hall–Kier alpha value is -0.860. The summed E-state index contributed by atoms with van der Waals surface area (Å²) in [6.07, 6.45) is 6.59. The molecule has 2 nitrogen and oxygen atoms in total. The highest BCUT2D eigenvalue weighted by Gasteiger charge is 2.35. The molecule has 1 aromatic rings. The molecule has 1 aromatic carbocycles. The number of rotatable bonds is 3. The number of nitrogens with two attached hydrogens (primary N) is 1. The van der Waals surface area contributed by atoms with Crippen LogP contribution in [0.1, 0.15) is 56.2 Å². The molecular weight excluding hydrogens is 208 g/mol. The molecule has 2 rings (SSSR count). The van der Waals surface area contributed by atoms with Gasteiger partial charge in [-0.05, 0) is 30.7 Å². The molecule has 1 saturated carbocycles. The fourth-order valence-corrected chi connectivity index (χ4v) is 3.20. The molecule has 0 bridgehead atoms. The van der Waals surface area contributed by atoms with E-state index in [2.05, 4.69) is 43.5 Å². The first-order chi connectivity index (χ1) is 8.15. The maximum atomic E-state index is 5.82. The van der Waals surface area contributed by atoms with Gasteiger partial charge in [0.25, 0.3) is 0 Å². The van der Waals surface area contributed by atoms with Crippen LogP contribution in [-0.4, -0.2) is 0 Å². The normalized spacial score (nSPS) is 21.1. The summed E-state index contributed by atoms with van der Waals surface area (Å²) in [6, 6.07) is 8.99. The van der Waals surface area contributed by atoms with Gasteiger partial charge in [0.05, 0.1) is 6.04 Å². The Morgan fingerprint density at radius 2 is 1.94 bits per heavy atom. The Balaban J connectivity index is 2.26. The van der Waals surface area contributed by atoms with Gasteiger partial charge in [-0.25, -0.2) is 0 Å². The van der Waals surface area contributed by atoms with Gasteiger partial charge in [-0.1, -0.05) is 56.0 Å². The fourth-order valence-electron chi connectivity index (χ4n) is 3.20. The quantitative estimate of drug-likeness (QED) is 0.618. The lowest BCUT2D eigenvalue weighted by Crippen LogP contribution is -2.41. The first kappa shape index (κ1) is 12.6. The Morgan fingerprint density at radius 3 is 2.53 bits per heavy atom. The zero-order valence-corrected chi connectivity index (χ0v) is 11.0. The lowest BCUT2D eigenvalue weighted by atomic mass is 9.69. The van der Waals surface area contributed by atoms with E-state index in [9.17, 15) is 0 Å². The molecule has 0 aromatic heterocycles. The minimum Gasteiger partial charge on any atom is -0.271 e. The van der Waals surface area contributed by atoms with Crippen molar-refractivity contribution < 1.29 is 0 Å². The van der Waals surface area contributed by atoms with Crippen molar-refractivity contribution in [1.29, 1.82) is 0 Å². The van der Waals surface area contributed by atoms with Gasteiger partial charge in [0.15, 0.2) is 0 Å². The lowest BCUT2D eigenvalue weighted by molar-refractivity contribution is 0.145. The highest BCUT2D eigenvalue weighted by Crippen LogP contribution is 2.45. The molecule has 1 aliphatic carbocycles. The largest absolute Gasteiger partial charge is 0.271 e. The van der Waals surface area contributed by atoms with Gasteiger partial charge < -0.3 is 0 Å². The Bertz CT molecular complexity index is 367. The van der Waals surface area contributed by atoms with Crippen molar-refractivity contribution in [3.8, 4) is 0 Å². The van der Waals surface area contributed by atoms with E-state index in [1.165, 1.54) is 43.2 Å². The monoisotopic (exact) mass is 232 g/mol. The second-order valence-electron chi connectivity index (χ2n) is 5.73. The van der Waals surface area contributed by atoms with E-state index in [0.29, 0.717) is 5.41 Å². The number of aryl methyl sites for hydroxylation is 1. The average molecular weight is 232 g/mol. The van der Waals surface area contributed by atoms with Crippen LogP contribution in [0.25, 0.3) is 0 Å². The molecule has 0 amide bonds. The number of hydrogen-bond acceptors (Lipinski definition) is 2. The van der Waals surface area contributed by atoms with Gasteiger partial charge in [0.2, 0.25) is 0 Å².